The number of carbonyl (C=O) groups is 1. The SMILES string of the molecule is CCCCCN1CC=CC1=O. The fourth-order valence-corrected chi connectivity index (χ4v) is 1.23. The summed E-state index contributed by atoms with van der Waals surface area (Å²) in [5, 5.41) is 0. The average molecular weight is 153 g/mol. The van der Waals surface area contributed by atoms with E-state index >= 15 is 0 Å². The van der Waals surface area contributed by atoms with Crippen LogP contribution in [0.2, 0.25) is 0 Å². The number of unbranched alkanes of at least 4 members (excludes halogenated alkanes) is 2. The van der Waals surface area contributed by atoms with Crippen molar-refractivity contribution in [1.29, 1.82) is 0 Å². The summed E-state index contributed by atoms with van der Waals surface area (Å²) in [5.41, 5.74) is 0. The third-order valence-electron chi connectivity index (χ3n) is 1.93. The lowest BCUT2D eigenvalue weighted by atomic mass is 10.2. The van der Waals surface area contributed by atoms with Crippen LogP contribution in [-0.2, 0) is 4.79 Å². The molecule has 0 aliphatic carbocycles. The Morgan fingerprint density at radius 1 is 1.55 bits per heavy atom. The third kappa shape index (κ3) is 2.37. The number of rotatable bonds is 4. The molecule has 0 fully saturated rings. The second kappa shape index (κ2) is 4.16. The van der Waals surface area contributed by atoms with Crippen molar-refractivity contribution in [3.8, 4) is 0 Å². The summed E-state index contributed by atoms with van der Waals surface area (Å²) in [4.78, 5) is 12.9. The van der Waals surface area contributed by atoms with Gasteiger partial charge in [-0.2, -0.15) is 0 Å². The first-order valence-corrected chi connectivity index (χ1v) is 4.30. The third-order valence-corrected chi connectivity index (χ3v) is 1.93. The molecule has 11 heavy (non-hydrogen) atoms. The Hall–Kier alpha value is -0.790. The Kier molecular flexibility index (Phi) is 3.14. The molecule has 0 aromatic rings. The van der Waals surface area contributed by atoms with Crippen molar-refractivity contribution in [2.24, 2.45) is 0 Å². The summed E-state index contributed by atoms with van der Waals surface area (Å²) in [6, 6.07) is 0. The Labute approximate surface area is 67.9 Å². The first-order valence-electron chi connectivity index (χ1n) is 4.30. The second-order valence-corrected chi connectivity index (χ2v) is 2.89. The van der Waals surface area contributed by atoms with Crippen molar-refractivity contribution in [3.05, 3.63) is 12.2 Å². The van der Waals surface area contributed by atoms with E-state index in [1.54, 1.807) is 6.08 Å². The predicted octanol–water partition coefficient (Wildman–Crippen LogP) is 1.57. The molecule has 2 heteroatoms. The van der Waals surface area contributed by atoms with Gasteiger partial charge in [-0.05, 0) is 6.42 Å². The van der Waals surface area contributed by atoms with Gasteiger partial charge < -0.3 is 4.90 Å². The number of hydrogen-bond acceptors (Lipinski definition) is 1. The van der Waals surface area contributed by atoms with Crippen molar-refractivity contribution in [1.82, 2.24) is 4.90 Å². The maximum atomic E-state index is 11.0. The molecule has 0 radical (unpaired) electrons. The molecule has 62 valence electrons. The summed E-state index contributed by atoms with van der Waals surface area (Å²) in [5.74, 6) is 0.182. The zero-order valence-corrected chi connectivity index (χ0v) is 7.05. The Morgan fingerprint density at radius 2 is 2.36 bits per heavy atom. The molecule has 0 bridgehead atoms. The molecule has 0 unspecified atom stereocenters. The van der Waals surface area contributed by atoms with Crippen LogP contribution in [0.5, 0.6) is 0 Å². The van der Waals surface area contributed by atoms with Crippen LogP contribution in [-0.4, -0.2) is 23.9 Å². The first-order chi connectivity index (χ1) is 5.34. The molecule has 0 saturated carbocycles. The van der Waals surface area contributed by atoms with Gasteiger partial charge in [0.1, 0.15) is 0 Å². The molecule has 0 N–H and O–H groups in total. The van der Waals surface area contributed by atoms with E-state index in [-0.39, 0.29) is 5.91 Å². The van der Waals surface area contributed by atoms with Crippen LogP contribution < -0.4 is 0 Å². The summed E-state index contributed by atoms with van der Waals surface area (Å²) < 4.78 is 0. The lowest BCUT2D eigenvalue weighted by molar-refractivity contribution is -0.124. The van der Waals surface area contributed by atoms with Crippen molar-refractivity contribution in [3.63, 3.8) is 0 Å². The van der Waals surface area contributed by atoms with E-state index in [2.05, 4.69) is 6.92 Å². The van der Waals surface area contributed by atoms with E-state index in [4.69, 9.17) is 0 Å². The largest absolute Gasteiger partial charge is 0.335 e. The predicted molar refractivity (Wildman–Crippen MR) is 45.2 cm³/mol. The van der Waals surface area contributed by atoms with E-state index in [0.717, 1.165) is 19.5 Å². The van der Waals surface area contributed by atoms with Crippen LogP contribution in [0.25, 0.3) is 0 Å². The second-order valence-electron chi connectivity index (χ2n) is 2.89. The fraction of sp³-hybridized carbons (Fsp3) is 0.667. The highest BCUT2D eigenvalue weighted by Crippen LogP contribution is 2.04. The minimum atomic E-state index is 0.182. The van der Waals surface area contributed by atoms with E-state index in [9.17, 15) is 4.79 Å². The number of amides is 1. The molecule has 0 saturated heterocycles. The summed E-state index contributed by atoms with van der Waals surface area (Å²) in [7, 11) is 0. The van der Waals surface area contributed by atoms with E-state index < -0.39 is 0 Å². The Bertz CT molecular complexity index is 163. The molecule has 0 aromatic heterocycles. The molecule has 1 amide bonds. The van der Waals surface area contributed by atoms with Gasteiger partial charge in [0.25, 0.3) is 0 Å². The van der Waals surface area contributed by atoms with Crippen LogP contribution in [0, 0.1) is 0 Å². The number of carbonyl (C=O) groups excluding carboxylic acids is 1. The maximum Gasteiger partial charge on any atom is 0.246 e. The van der Waals surface area contributed by atoms with E-state index in [1.807, 2.05) is 11.0 Å². The minimum Gasteiger partial charge on any atom is -0.335 e. The highest BCUT2D eigenvalue weighted by Gasteiger charge is 2.12. The van der Waals surface area contributed by atoms with Crippen molar-refractivity contribution < 1.29 is 4.79 Å². The van der Waals surface area contributed by atoms with Crippen LogP contribution in [0.3, 0.4) is 0 Å². The lowest BCUT2D eigenvalue weighted by Gasteiger charge is -2.14. The zero-order chi connectivity index (χ0) is 8.10. The fourth-order valence-electron chi connectivity index (χ4n) is 1.23. The van der Waals surface area contributed by atoms with Gasteiger partial charge in [-0.15, -0.1) is 0 Å². The molecule has 1 aliphatic heterocycles. The molecule has 1 heterocycles. The van der Waals surface area contributed by atoms with Crippen LogP contribution in [0.15, 0.2) is 12.2 Å². The van der Waals surface area contributed by atoms with Crippen molar-refractivity contribution >= 4 is 5.91 Å². The zero-order valence-electron chi connectivity index (χ0n) is 7.05. The molecule has 1 rings (SSSR count). The molecule has 0 atom stereocenters. The molecular formula is C9H15NO. The van der Waals surface area contributed by atoms with E-state index in [0.29, 0.717) is 0 Å². The topological polar surface area (TPSA) is 20.3 Å². The standard InChI is InChI=1S/C9H15NO/c1-2-3-4-7-10-8-5-6-9(10)11/h5-6H,2-4,7-8H2,1H3. The monoisotopic (exact) mass is 153 g/mol. The van der Waals surface area contributed by atoms with Crippen LogP contribution in [0.1, 0.15) is 26.2 Å². The van der Waals surface area contributed by atoms with Gasteiger partial charge in [-0.25, -0.2) is 0 Å². The lowest BCUT2D eigenvalue weighted by Crippen LogP contribution is -2.26. The van der Waals surface area contributed by atoms with Gasteiger partial charge in [0.2, 0.25) is 5.91 Å². The summed E-state index contributed by atoms with van der Waals surface area (Å²) in [6.45, 7) is 3.92. The summed E-state index contributed by atoms with van der Waals surface area (Å²) in [6.07, 6.45) is 7.17. The Balaban J connectivity index is 2.13. The van der Waals surface area contributed by atoms with Crippen LogP contribution in [0.4, 0.5) is 0 Å². The highest BCUT2D eigenvalue weighted by molar-refractivity contribution is 5.89. The maximum absolute atomic E-state index is 11.0. The molecule has 0 aromatic carbocycles. The van der Waals surface area contributed by atoms with Crippen LogP contribution >= 0.6 is 0 Å². The molecular weight excluding hydrogens is 138 g/mol. The van der Waals surface area contributed by atoms with Crippen molar-refractivity contribution in [2.45, 2.75) is 26.2 Å². The average Bonchev–Trinajstić information content (AvgIpc) is 2.37. The summed E-state index contributed by atoms with van der Waals surface area (Å²) >= 11 is 0. The first kappa shape index (κ1) is 8.31. The van der Waals surface area contributed by atoms with Gasteiger partial charge in [0, 0.05) is 19.2 Å². The van der Waals surface area contributed by atoms with Crippen molar-refractivity contribution in [2.75, 3.05) is 13.1 Å². The van der Waals surface area contributed by atoms with Gasteiger partial charge >= 0.3 is 0 Å². The smallest absolute Gasteiger partial charge is 0.246 e. The molecule has 1 aliphatic rings. The van der Waals surface area contributed by atoms with Gasteiger partial charge in [-0.1, -0.05) is 25.8 Å². The minimum absolute atomic E-state index is 0.182. The Morgan fingerprint density at radius 3 is 2.91 bits per heavy atom. The molecule has 0 spiro atoms. The number of hydrogen-bond donors (Lipinski definition) is 0. The van der Waals surface area contributed by atoms with E-state index in [1.165, 1.54) is 12.8 Å². The van der Waals surface area contributed by atoms with Gasteiger partial charge in [0.05, 0.1) is 0 Å². The normalized spacial score (nSPS) is 16.5. The highest BCUT2D eigenvalue weighted by atomic mass is 16.2. The quantitative estimate of drug-likeness (QED) is 0.561. The van der Waals surface area contributed by atoms with Gasteiger partial charge in [0.15, 0.2) is 0 Å². The number of nitrogens with zero attached hydrogens (tertiary/aromatic N) is 1. The van der Waals surface area contributed by atoms with Gasteiger partial charge in [-0.3, -0.25) is 4.79 Å². The molecule has 2 nitrogen and oxygen atoms in total.